The zero-order valence-corrected chi connectivity index (χ0v) is 16.7. The Kier molecular flexibility index (Phi) is 12.0. The standard InChI is InChI=1S/C20H34O7/c1-5-9-26-19(22)18-14-17(15(3)4)16(20(27-18)25-6-2)7-10-23-12-13-24-11-8-21/h5,14-17,20-21H,1,6-13H2,2-4H3/t16-,17+,20+/m0/s1. The summed E-state index contributed by atoms with van der Waals surface area (Å²) in [5.41, 5.74) is 0. The summed E-state index contributed by atoms with van der Waals surface area (Å²) in [5, 5.41) is 8.67. The van der Waals surface area contributed by atoms with Crippen molar-refractivity contribution in [3.8, 4) is 0 Å². The molecule has 1 aliphatic rings. The molecule has 0 aromatic carbocycles. The largest absolute Gasteiger partial charge is 0.457 e. The van der Waals surface area contributed by atoms with Gasteiger partial charge < -0.3 is 28.8 Å². The maximum Gasteiger partial charge on any atom is 0.373 e. The summed E-state index contributed by atoms with van der Waals surface area (Å²) in [6, 6.07) is 0. The van der Waals surface area contributed by atoms with Gasteiger partial charge in [-0.3, -0.25) is 0 Å². The molecule has 0 saturated carbocycles. The van der Waals surface area contributed by atoms with Gasteiger partial charge in [0.25, 0.3) is 0 Å². The van der Waals surface area contributed by atoms with E-state index in [-0.39, 0.29) is 30.8 Å². The van der Waals surface area contributed by atoms with Crippen LogP contribution in [0.3, 0.4) is 0 Å². The van der Waals surface area contributed by atoms with Gasteiger partial charge in [0.1, 0.15) is 6.61 Å². The fourth-order valence-corrected chi connectivity index (χ4v) is 3.00. The van der Waals surface area contributed by atoms with Gasteiger partial charge in [-0.25, -0.2) is 4.79 Å². The van der Waals surface area contributed by atoms with Crippen LogP contribution in [0.2, 0.25) is 0 Å². The summed E-state index contributed by atoms with van der Waals surface area (Å²) in [4.78, 5) is 12.2. The Hall–Kier alpha value is -1.41. The SMILES string of the molecule is C=CCOC(=O)C1=C[C@H](C(C)C)[C@H](CCOCCOCCO)[C@H](OCC)O1. The third-order valence-corrected chi connectivity index (χ3v) is 4.27. The van der Waals surface area contributed by atoms with E-state index in [1.54, 1.807) is 0 Å². The van der Waals surface area contributed by atoms with Crippen molar-refractivity contribution in [2.75, 3.05) is 46.2 Å². The molecule has 27 heavy (non-hydrogen) atoms. The topological polar surface area (TPSA) is 83.5 Å². The lowest BCUT2D eigenvalue weighted by Crippen LogP contribution is -2.40. The van der Waals surface area contributed by atoms with Gasteiger partial charge in [0.05, 0.1) is 26.4 Å². The first-order valence-corrected chi connectivity index (χ1v) is 9.59. The molecule has 0 unspecified atom stereocenters. The Bertz CT molecular complexity index is 461. The van der Waals surface area contributed by atoms with Gasteiger partial charge in [-0.05, 0) is 31.3 Å². The number of aliphatic hydroxyl groups excluding tert-OH is 1. The smallest absolute Gasteiger partial charge is 0.373 e. The molecule has 1 rings (SSSR count). The molecule has 0 aromatic heterocycles. The highest BCUT2D eigenvalue weighted by Crippen LogP contribution is 2.36. The minimum atomic E-state index is -0.520. The molecule has 0 saturated heterocycles. The first kappa shape index (κ1) is 23.6. The molecule has 0 bridgehead atoms. The highest BCUT2D eigenvalue weighted by atomic mass is 16.7. The van der Waals surface area contributed by atoms with Crippen LogP contribution in [-0.4, -0.2) is 63.6 Å². The molecular weight excluding hydrogens is 352 g/mol. The molecule has 1 heterocycles. The first-order valence-electron chi connectivity index (χ1n) is 9.59. The summed E-state index contributed by atoms with van der Waals surface area (Å²) in [5.74, 6) is 0.177. The molecule has 3 atom stereocenters. The van der Waals surface area contributed by atoms with Gasteiger partial charge in [0.2, 0.25) is 12.0 Å². The second kappa shape index (κ2) is 13.7. The van der Waals surface area contributed by atoms with E-state index in [2.05, 4.69) is 20.4 Å². The third-order valence-electron chi connectivity index (χ3n) is 4.27. The summed E-state index contributed by atoms with van der Waals surface area (Å²) in [7, 11) is 0. The molecule has 7 heteroatoms. The molecule has 0 radical (unpaired) electrons. The van der Waals surface area contributed by atoms with Crippen molar-refractivity contribution in [1.82, 2.24) is 0 Å². The van der Waals surface area contributed by atoms with Crippen molar-refractivity contribution < 1.29 is 33.6 Å². The third kappa shape index (κ3) is 8.43. The van der Waals surface area contributed by atoms with Crippen molar-refractivity contribution in [2.45, 2.75) is 33.5 Å². The Balaban J connectivity index is 2.69. The number of allylic oxidation sites excluding steroid dienone is 1. The van der Waals surface area contributed by atoms with Crippen LogP contribution < -0.4 is 0 Å². The molecule has 0 amide bonds. The molecule has 0 fully saturated rings. The van der Waals surface area contributed by atoms with Crippen LogP contribution in [-0.2, 0) is 28.5 Å². The van der Waals surface area contributed by atoms with Gasteiger partial charge in [0, 0.05) is 19.1 Å². The van der Waals surface area contributed by atoms with E-state index in [1.807, 2.05) is 13.0 Å². The zero-order valence-electron chi connectivity index (χ0n) is 16.7. The van der Waals surface area contributed by atoms with Crippen LogP contribution in [0.15, 0.2) is 24.5 Å². The predicted molar refractivity (Wildman–Crippen MR) is 101 cm³/mol. The van der Waals surface area contributed by atoms with E-state index in [9.17, 15) is 4.79 Å². The van der Waals surface area contributed by atoms with Gasteiger partial charge >= 0.3 is 5.97 Å². The van der Waals surface area contributed by atoms with Crippen LogP contribution in [0.5, 0.6) is 0 Å². The maximum absolute atomic E-state index is 12.2. The lowest BCUT2D eigenvalue weighted by Gasteiger charge is -2.38. The van der Waals surface area contributed by atoms with Crippen LogP contribution >= 0.6 is 0 Å². The van der Waals surface area contributed by atoms with E-state index in [0.29, 0.717) is 39.0 Å². The van der Waals surface area contributed by atoms with Crippen LogP contribution in [0, 0.1) is 17.8 Å². The van der Waals surface area contributed by atoms with Crippen LogP contribution in [0.1, 0.15) is 27.2 Å². The van der Waals surface area contributed by atoms with Gasteiger partial charge in [0.15, 0.2) is 0 Å². The molecule has 0 aliphatic carbocycles. The fraction of sp³-hybridized carbons (Fsp3) is 0.750. The number of rotatable bonds is 14. The van der Waals surface area contributed by atoms with E-state index in [0.717, 1.165) is 6.42 Å². The molecule has 0 spiro atoms. The van der Waals surface area contributed by atoms with E-state index in [1.165, 1.54) is 6.08 Å². The van der Waals surface area contributed by atoms with Crippen molar-refractivity contribution in [3.63, 3.8) is 0 Å². The van der Waals surface area contributed by atoms with Crippen molar-refractivity contribution in [2.24, 2.45) is 17.8 Å². The van der Waals surface area contributed by atoms with Crippen LogP contribution in [0.25, 0.3) is 0 Å². The second-order valence-electron chi connectivity index (χ2n) is 6.58. The minimum Gasteiger partial charge on any atom is -0.457 e. The number of hydrogen-bond acceptors (Lipinski definition) is 7. The van der Waals surface area contributed by atoms with Gasteiger partial charge in [-0.2, -0.15) is 0 Å². The van der Waals surface area contributed by atoms with E-state index < -0.39 is 12.3 Å². The number of carbonyl (C=O) groups is 1. The Morgan fingerprint density at radius 2 is 2.00 bits per heavy atom. The number of hydrogen-bond donors (Lipinski definition) is 1. The highest BCUT2D eigenvalue weighted by molar-refractivity contribution is 5.86. The highest BCUT2D eigenvalue weighted by Gasteiger charge is 2.38. The summed E-state index contributed by atoms with van der Waals surface area (Å²) < 4.78 is 27.5. The van der Waals surface area contributed by atoms with E-state index in [4.69, 9.17) is 28.8 Å². The normalized spacial score (nSPS) is 22.3. The lowest BCUT2D eigenvalue weighted by molar-refractivity contribution is -0.184. The predicted octanol–water partition coefficient (Wildman–Crippen LogP) is 2.30. The maximum atomic E-state index is 12.2. The van der Waals surface area contributed by atoms with Crippen LogP contribution in [0.4, 0.5) is 0 Å². The molecule has 0 aromatic rings. The lowest BCUT2D eigenvalue weighted by atomic mass is 9.79. The van der Waals surface area contributed by atoms with Crippen molar-refractivity contribution in [3.05, 3.63) is 24.5 Å². The fourth-order valence-electron chi connectivity index (χ4n) is 3.00. The van der Waals surface area contributed by atoms with Crippen molar-refractivity contribution >= 4 is 5.97 Å². The monoisotopic (exact) mass is 386 g/mol. The Morgan fingerprint density at radius 3 is 2.59 bits per heavy atom. The second-order valence-corrected chi connectivity index (χ2v) is 6.58. The summed E-state index contributed by atoms with van der Waals surface area (Å²) in [6.45, 7) is 12.1. The van der Waals surface area contributed by atoms with Gasteiger partial charge in [-0.15, -0.1) is 0 Å². The number of carbonyl (C=O) groups excluding carboxylic acids is 1. The molecule has 1 aliphatic heterocycles. The molecule has 1 N–H and O–H groups in total. The zero-order chi connectivity index (χ0) is 20.1. The average molecular weight is 386 g/mol. The Labute approximate surface area is 162 Å². The first-order chi connectivity index (χ1) is 13.0. The average Bonchev–Trinajstić information content (AvgIpc) is 2.65. The molecule has 156 valence electrons. The summed E-state index contributed by atoms with van der Waals surface area (Å²) in [6.07, 6.45) is 3.58. The quantitative estimate of drug-likeness (QED) is 0.279. The number of aliphatic hydroxyl groups is 1. The van der Waals surface area contributed by atoms with E-state index >= 15 is 0 Å². The molecule has 7 nitrogen and oxygen atoms in total. The molecular formula is C20H34O7. The minimum absolute atomic E-state index is 0.00935. The Morgan fingerprint density at radius 1 is 1.30 bits per heavy atom. The summed E-state index contributed by atoms with van der Waals surface area (Å²) >= 11 is 0. The van der Waals surface area contributed by atoms with Gasteiger partial charge in [-0.1, -0.05) is 26.5 Å². The number of ether oxygens (including phenoxy) is 5. The van der Waals surface area contributed by atoms with Crippen molar-refractivity contribution in [1.29, 1.82) is 0 Å². The number of esters is 1.